The van der Waals surface area contributed by atoms with Gasteiger partial charge in [-0.05, 0) is 24.6 Å². The molecule has 1 atom stereocenters. The summed E-state index contributed by atoms with van der Waals surface area (Å²) in [5.41, 5.74) is -0.487. The molecule has 0 amide bonds. The number of halogens is 3. The number of hydrogen-bond donors (Lipinski definition) is 0. The van der Waals surface area contributed by atoms with E-state index in [4.69, 9.17) is 9.47 Å². The van der Waals surface area contributed by atoms with Gasteiger partial charge in [0.25, 0.3) is 0 Å². The lowest BCUT2D eigenvalue weighted by Crippen LogP contribution is -2.22. The van der Waals surface area contributed by atoms with E-state index in [2.05, 4.69) is 0 Å². The Labute approximate surface area is 126 Å². The van der Waals surface area contributed by atoms with Crippen LogP contribution in [0.3, 0.4) is 0 Å². The standard InChI is InChI=1S/C15H16F3NO3/c1-9-13(20)12(14(22-9)19(2)8-21-3)10-5-4-6-11(7-10)15(16,17)18/h4-7,9H,8H2,1-3H3. The zero-order chi connectivity index (χ0) is 16.5. The minimum absolute atomic E-state index is 0.137. The van der Waals surface area contributed by atoms with Crippen LogP contribution in [0, 0.1) is 0 Å². The molecule has 2 rings (SSSR count). The number of benzene rings is 1. The number of carbonyl (C=O) groups is 1. The van der Waals surface area contributed by atoms with Crippen molar-refractivity contribution >= 4 is 11.4 Å². The summed E-state index contributed by atoms with van der Waals surface area (Å²) in [4.78, 5) is 13.8. The van der Waals surface area contributed by atoms with Gasteiger partial charge in [-0.15, -0.1) is 0 Å². The molecule has 120 valence electrons. The molecule has 0 fully saturated rings. The van der Waals surface area contributed by atoms with Gasteiger partial charge in [0.2, 0.25) is 11.7 Å². The van der Waals surface area contributed by atoms with E-state index in [1.165, 1.54) is 24.1 Å². The fourth-order valence-electron chi connectivity index (χ4n) is 2.24. The zero-order valence-corrected chi connectivity index (χ0v) is 12.4. The average molecular weight is 315 g/mol. The second kappa shape index (κ2) is 6.00. The van der Waals surface area contributed by atoms with Gasteiger partial charge in [-0.25, -0.2) is 0 Å². The summed E-state index contributed by atoms with van der Waals surface area (Å²) >= 11 is 0. The van der Waals surface area contributed by atoms with Crippen molar-refractivity contribution in [3.05, 3.63) is 41.3 Å². The molecule has 1 heterocycles. The smallest absolute Gasteiger partial charge is 0.416 e. The lowest BCUT2D eigenvalue weighted by molar-refractivity contribution is -0.137. The third-order valence-electron chi connectivity index (χ3n) is 3.27. The molecule has 0 aromatic heterocycles. The lowest BCUT2D eigenvalue weighted by Gasteiger charge is -2.20. The van der Waals surface area contributed by atoms with Crippen molar-refractivity contribution in [2.75, 3.05) is 20.9 Å². The molecule has 1 aromatic rings. The molecule has 0 aliphatic carbocycles. The Bertz CT molecular complexity index is 610. The minimum Gasteiger partial charge on any atom is -0.467 e. The van der Waals surface area contributed by atoms with Gasteiger partial charge in [0.1, 0.15) is 6.73 Å². The maximum Gasteiger partial charge on any atom is 0.416 e. The van der Waals surface area contributed by atoms with Crippen molar-refractivity contribution in [3.8, 4) is 0 Å². The number of rotatable bonds is 4. The summed E-state index contributed by atoms with van der Waals surface area (Å²) < 4.78 is 49.0. The predicted molar refractivity (Wildman–Crippen MR) is 73.6 cm³/mol. The van der Waals surface area contributed by atoms with Gasteiger partial charge in [0, 0.05) is 14.2 Å². The van der Waals surface area contributed by atoms with E-state index < -0.39 is 17.8 Å². The maximum absolute atomic E-state index is 12.8. The molecular weight excluding hydrogens is 299 g/mol. The largest absolute Gasteiger partial charge is 0.467 e. The normalized spacial score (nSPS) is 18.6. The minimum atomic E-state index is -4.47. The molecule has 1 aromatic carbocycles. The fourth-order valence-corrected chi connectivity index (χ4v) is 2.24. The van der Waals surface area contributed by atoms with Gasteiger partial charge < -0.3 is 14.4 Å². The molecule has 0 saturated heterocycles. The molecule has 7 heteroatoms. The number of methoxy groups -OCH3 is 1. The van der Waals surface area contributed by atoms with E-state index in [1.54, 1.807) is 14.0 Å². The van der Waals surface area contributed by atoms with Crippen LogP contribution in [0.1, 0.15) is 18.1 Å². The van der Waals surface area contributed by atoms with Gasteiger partial charge in [-0.3, -0.25) is 4.79 Å². The highest BCUT2D eigenvalue weighted by atomic mass is 19.4. The topological polar surface area (TPSA) is 38.8 Å². The van der Waals surface area contributed by atoms with Gasteiger partial charge in [0.05, 0.1) is 11.1 Å². The summed E-state index contributed by atoms with van der Waals surface area (Å²) in [5, 5.41) is 0. The first-order valence-corrected chi connectivity index (χ1v) is 6.58. The third kappa shape index (κ3) is 3.09. The molecular formula is C15H16F3NO3. The van der Waals surface area contributed by atoms with Crippen molar-refractivity contribution in [2.24, 2.45) is 0 Å². The average Bonchev–Trinajstić information content (AvgIpc) is 2.74. The van der Waals surface area contributed by atoms with Crippen LogP contribution in [-0.2, 0) is 20.4 Å². The second-order valence-electron chi connectivity index (χ2n) is 5.00. The van der Waals surface area contributed by atoms with Crippen LogP contribution >= 0.6 is 0 Å². The molecule has 1 unspecified atom stereocenters. The van der Waals surface area contributed by atoms with Crippen LogP contribution in [0.25, 0.3) is 5.57 Å². The molecule has 0 saturated carbocycles. The van der Waals surface area contributed by atoms with Crippen LogP contribution < -0.4 is 0 Å². The number of ether oxygens (including phenoxy) is 2. The Kier molecular flexibility index (Phi) is 4.46. The summed E-state index contributed by atoms with van der Waals surface area (Å²) in [6, 6.07) is 4.65. The monoisotopic (exact) mass is 315 g/mol. The fraction of sp³-hybridized carbons (Fsp3) is 0.400. The zero-order valence-electron chi connectivity index (χ0n) is 12.4. The number of alkyl halides is 3. The summed E-state index contributed by atoms with van der Waals surface area (Å²) in [5.74, 6) is -0.129. The Balaban J connectivity index is 2.51. The Hall–Kier alpha value is -2.02. The van der Waals surface area contributed by atoms with Crippen LogP contribution in [0.2, 0.25) is 0 Å². The maximum atomic E-state index is 12.8. The third-order valence-corrected chi connectivity index (χ3v) is 3.27. The lowest BCUT2D eigenvalue weighted by atomic mass is 9.99. The summed E-state index contributed by atoms with van der Waals surface area (Å²) in [6.07, 6.45) is -5.21. The van der Waals surface area contributed by atoms with Gasteiger partial charge in [0.15, 0.2) is 6.10 Å². The van der Waals surface area contributed by atoms with E-state index in [0.29, 0.717) is 0 Å². The Morgan fingerprint density at radius 2 is 2.05 bits per heavy atom. The van der Waals surface area contributed by atoms with Crippen LogP contribution in [-0.4, -0.2) is 37.7 Å². The van der Waals surface area contributed by atoms with E-state index in [-0.39, 0.29) is 29.5 Å². The molecule has 0 bridgehead atoms. The highest BCUT2D eigenvalue weighted by Gasteiger charge is 2.36. The van der Waals surface area contributed by atoms with Crippen molar-refractivity contribution in [1.29, 1.82) is 0 Å². The second-order valence-corrected chi connectivity index (χ2v) is 5.00. The summed E-state index contributed by atoms with van der Waals surface area (Å²) in [6.45, 7) is 1.71. The van der Waals surface area contributed by atoms with E-state index >= 15 is 0 Å². The van der Waals surface area contributed by atoms with E-state index in [9.17, 15) is 18.0 Å². The van der Waals surface area contributed by atoms with Gasteiger partial charge >= 0.3 is 6.18 Å². The van der Waals surface area contributed by atoms with Crippen LogP contribution in [0.5, 0.6) is 0 Å². The first kappa shape index (κ1) is 16.4. The van der Waals surface area contributed by atoms with Gasteiger partial charge in [-0.2, -0.15) is 13.2 Å². The van der Waals surface area contributed by atoms with E-state index in [0.717, 1.165) is 12.1 Å². The Morgan fingerprint density at radius 1 is 1.36 bits per heavy atom. The van der Waals surface area contributed by atoms with E-state index in [1.807, 2.05) is 0 Å². The van der Waals surface area contributed by atoms with Crippen molar-refractivity contribution in [2.45, 2.75) is 19.2 Å². The molecule has 4 nitrogen and oxygen atoms in total. The predicted octanol–water partition coefficient (Wildman–Crippen LogP) is 2.90. The number of Topliss-reactive ketones (excluding diaryl/α,β-unsaturated/α-hetero) is 1. The molecule has 0 spiro atoms. The molecule has 1 aliphatic rings. The SMILES string of the molecule is COCN(C)C1=C(c2cccc(C(F)(F)F)c2)C(=O)C(C)O1. The number of hydrogen-bond acceptors (Lipinski definition) is 4. The number of ketones is 1. The first-order chi connectivity index (χ1) is 10.3. The number of carbonyl (C=O) groups excluding carboxylic acids is 1. The molecule has 0 N–H and O–H groups in total. The van der Waals surface area contributed by atoms with Crippen LogP contribution in [0.15, 0.2) is 30.1 Å². The first-order valence-electron chi connectivity index (χ1n) is 6.58. The highest BCUT2D eigenvalue weighted by Crippen LogP contribution is 2.35. The molecule has 1 aliphatic heterocycles. The van der Waals surface area contributed by atoms with Crippen molar-refractivity contribution in [3.63, 3.8) is 0 Å². The molecule has 0 radical (unpaired) electrons. The van der Waals surface area contributed by atoms with Crippen LogP contribution in [0.4, 0.5) is 13.2 Å². The molecule has 22 heavy (non-hydrogen) atoms. The van der Waals surface area contributed by atoms with Gasteiger partial charge in [-0.1, -0.05) is 12.1 Å². The quantitative estimate of drug-likeness (QED) is 0.801. The number of nitrogens with zero attached hydrogens (tertiary/aromatic N) is 1. The highest BCUT2D eigenvalue weighted by molar-refractivity contribution is 6.24. The summed E-state index contributed by atoms with van der Waals surface area (Å²) in [7, 11) is 3.11. The van der Waals surface area contributed by atoms with Crippen molar-refractivity contribution in [1.82, 2.24) is 4.90 Å². The van der Waals surface area contributed by atoms with Crippen molar-refractivity contribution < 1.29 is 27.4 Å². The Morgan fingerprint density at radius 3 is 2.64 bits per heavy atom.